The number of hydrogen-bond acceptors (Lipinski definition) is 3. The molecule has 0 spiro atoms. The Morgan fingerprint density at radius 3 is 2.58 bits per heavy atom. The van der Waals surface area contributed by atoms with Gasteiger partial charge in [0.25, 0.3) is 0 Å². The molecule has 0 aliphatic heterocycles. The number of nitrogens with zero attached hydrogens (tertiary/aromatic N) is 2. The smallest absolute Gasteiger partial charge is 0.225 e. The molecule has 2 rings (SSSR count). The van der Waals surface area contributed by atoms with Crippen molar-refractivity contribution < 1.29 is 4.79 Å². The predicted molar refractivity (Wildman–Crippen MR) is 72.9 cm³/mol. The second-order valence-electron chi connectivity index (χ2n) is 5.29. The van der Waals surface area contributed by atoms with Gasteiger partial charge in [-0.15, -0.1) is 0 Å². The van der Waals surface area contributed by atoms with Gasteiger partial charge in [-0.3, -0.25) is 4.79 Å². The SMILES string of the molecule is N#CCN(Cc1ccccc1)C(=O)CC1(N)CCC1. The van der Waals surface area contributed by atoms with Crippen LogP contribution in [-0.2, 0) is 11.3 Å². The Labute approximate surface area is 113 Å². The van der Waals surface area contributed by atoms with Crippen molar-refractivity contribution in [2.45, 2.75) is 37.8 Å². The fraction of sp³-hybridized carbons (Fsp3) is 0.467. The largest absolute Gasteiger partial charge is 0.325 e. The standard InChI is InChI=1S/C15H19N3O/c16-9-10-18(12-13-5-2-1-3-6-13)14(19)11-15(17)7-4-8-15/h1-3,5-6H,4,7-8,10-12,17H2. The summed E-state index contributed by atoms with van der Waals surface area (Å²) in [6, 6.07) is 11.8. The summed E-state index contributed by atoms with van der Waals surface area (Å²) in [6.45, 7) is 0.590. The number of rotatable bonds is 5. The second-order valence-corrected chi connectivity index (χ2v) is 5.29. The van der Waals surface area contributed by atoms with Crippen LogP contribution in [0.2, 0.25) is 0 Å². The normalized spacial score (nSPS) is 16.2. The molecular formula is C15H19N3O. The van der Waals surface area contributed by atoms with E-state index < -0.39 is 0 Å². The average molecular weight is 257 g/mol. The van der Waals surface area contributed by atoms with Gasteiger partial charge < -0.3 is 10.6 Å². The van der Waals surface area contributed by atoms with Crippen molar-refractivity contribution >= 4 is 5.91 Å². The molecule has 4 nitrogen and oxygen atoms in total. The van der Waals surface area contributed by atoms with Gasteiger partial charge in [0.05, 0.1) is 6.07 Å². The first-order valence-corrected chi connectivity index (χ1v) is 6.60. The van der Waals surface area contributed by atoms with E-state index in [-0.39, 0.29) is 18.0 Å². The van der Waals surface area contributed by atoms with Crippen LogP contribution in [0.15, 0.2) is 30.3 Å². The molecule has 0 bridgehead atoms. The molecule has 1 aliphatic carbocycles. The van der Waals surface area contributed by atoms with Gasteiger partial charge in [-0.05, 0) is 24.8 Å². The summed E-state index contributed by atoms with van der Waals surface area (Å²) in [5.74, 6) is -0.0207. The van der Waals surface area contributed by atoms with Gasteiger partial charge in [-0.1, -0.05) is 30.3 Å². The first-order valence-electron chi connectivity index (χ1n) is 6.60. The number of amides is 1. The fourth-order valence-corrected chi connectivity index (χ4v) is 2.34. The third kappa shape index (κ3) is 3.55. The molecule has 100 valence electrons. The second kappa shape index (κ2) is 5.85. The maximum absolute atomic E-state index is 12.2. The van der Waals surface area contributed by atoms with Crippen LogP contribution in [0.5, 0.6) is 0 Å². The van der Waals surface area contributed by atoms with Crippen molar-refractivity contribution in [2.75, 3.05) is 6.54 Å². The highest BCUT2D eigenvalue weighted by atomic mass is 16.2. The Morgan fingerprint density at radius 2 is 2.05 bits per heavy atom. The maximum atomic E-state index is 12.2. The van der Waals surface area contributed by atoms with Crippen LogP contribution in [0, 0.1) is 11.3 Å². The van der Waals surface area contributed by atoms with E-state index in [0.717, 1.165) is 24.8 Å². The van der Waals surface area contributed by atoms with E-state index in [1.165, 1.54) is 0 Å². The molecule has 19 heavy (non-hydrogen) atoms. The lowest BCUT2D eigenvalue weighted by molar-refractivity contribution is -0.133. The van der Waals surface area contributed by atoms with Crippen LogP contribution >= 0.6 is 0 Å². The monoisotopic (exact) mass is 257 g/mol. The molecule has 1 aliphatic rings. The first kappa shape index (κ1) is 13.6. The maximum Gasteiger partial charge on any atom is 0.225 e. The predicted octanol–water partition coefficient (Wildman–Crippen LogP) is 1.81. The molecule has 0 unspecified atom stereocenters. The van der Waals surface area contributed by atoms with Crippen molar-refractivity contribution in [3.8, 4) is 6.07 Å². The number of carbonyl (C=O) groups is 1. The van der Waals surface area contributed by atoms with E-state index in [4.69, 9.17) is 11.0 Å². The van der Waals surface area contributed by atoms with E-state index in [0.29, 0.717) is 13.0 Å². The lowest BCUT2D eigenvalue weighted by Crippen LogP contribution is -2.50. The summed E-state index contributed by atoms with van der Waals surface area (Å²) in [5.41, 5.74) is 6.80. The molecule has 0 atom stereocenters. The molecule has 0 aromatic heterocycles. The fourth-order valence-electron chi connectivity index (χ4n) is 2.34. The van der Waals surface area contributed by atoms with Crippen LogP contribution in [0.25, 0.3) is 0 Å². The van der Waals surface area contributed by atoms with E-state index >= 15 is 0 Å². The quantitative estimate of drug-likeness (QED) is 0.818. The van der Waals surface area contributed by atoms with Crippen LogP contribution in [0.1, 0.15) is 31.2 Å². The number of benzene rings is 1. The van der Waals surface area contributed by atoms with Crippen molar-refractivity contribution in [3.05, 3.63) is 35.9 Å². The molecule has 1 fully saturated rings. The Morgan fingerprint density at radius 1 is 1.37 bits per heavy atom. The highest BCUT2D eigenvalue weighted by molar-refractivity contribution is 5.77. The van der Waals surface area contributed by atoms with Gasteiger partial charge in [-0.25, -0.2) is 0 Å². The van der Waals surface area contributed by atoms with Gasteiger partial charge in [0.15, 0.2) is 0 Å². The minimum absolute atomic E-state index is 0.0207. The zero-order valence-corrected chi connectivity index (χ0v) is 11.0. The first-order chi connectivity index (χ1) is 9.13. The Kier molecular flexibility index (Phi) is 4.18. The summed E-state index contributed by atoms with van der Waals surface area (Å²) in [6.07, 6.45) is 3.26. The summed E-state index contributed by atoms with van der Waals surface area (Å²) in [5, 5.41) is 8.86. The van der Waals surface area contributed by atoms with Gasteiger partial charge in [-0.2, -0.15) is 5.26 Å². The Balaban J connectivity index is 1.99. The molecule has 1 amide bonds. The van der Waals surface area contributed by atoms with Crippen molar-refractivity contribution in [2.24, 2.45) is 5.73 Å². The molecule has 0 radical (unpaired) electrons. The molecule has 1 aromatic rings. The average Bonchev–Trinajstić information content (AvgIpc) is 2.37. The van der Waals surface area contributed by atoms with Crippen LogP contribution in [0.3, 0.4) is 0 Å². The molecule has 1 saturated carbocycles. The number of carbonyl (C=O) groups excluding carboxylic acids is 1. The van der Waals surface area contributed by atoms with Crippen LogP contribution in [0.4, 0.5) is 0 Å². The lowest BCUT2D eigenvalue weighted by Gasteiger charge is -2.38. The summed E-state index contributed by atoms with van der Waals surface area (Å²) < 4.78 is 0. The molecular weight excluding hydrogens is 238 g/mol. The molecule has 4 heteroatoms. The molecule has 0 saturated heterocycles. The van der Waals surface area contributed by atoms with Crippen LogP contribution in [-0.4, -0.2) is 22.9 Å². The van der Waals surface area contributed by atoms with E-state index in [2.05, 4.69) is 6.07 Å². The highest BCUT2D eigenvalue weighted by Crippen LogP contribution is 2.32. The van der Waals surface area contributed by atoms with E-state index in [9.17, 15) is 4.79 Å². The lowest BCUT2D eigenvalue weighted by atomic mass is 9.75. The van der Waals surface area contributed by atoms with Crippen LogP contribution < -0.4 is 5.73 Å². The summed E-state index contributed by atoms with van der Waals surface area (Å²) in [4.78, 5) is 13.8. The summed E-state index contributed by atoms with van der Waals surface area (Å²) >= 11 is 0. The third-order valence-electron chi connectivity index (χ3n) is 3.68. The topological polar surface area (TPSA) is 70.1 Å². The van der Waals surface area contributed by atoms with E-state index in [1.54, 1.807) is 4.90 Å². The zero-order valence-electron chi connectivity index (χ0n) is 11.0. The van der Waals surface area contributed by atoms with Gasteiger partial charge in [0.1, 0.15) is 6.54 Å². The van der Waals surface area contributed by atoms with E-state index in [1.807, 2.05) is 30.3 Å². The van der Waals surface area contributed by atoms with Gasteiger partial charge in [0, 0.05) is 18.5 Å². The number of nitrogens with two attached hydrogens (primary N) is 1. The Hall–Kier alpha value is -1.86. The minimum atomic E-state index is -0.332. The zero-order chi connectivity index (χ0) is 13.7. The Bertz CT molecular complexity index is 474. The summed E-state index contributed by atoms with van der Waals surface area (Å²) in [7, 11) is 0. The number of nitriles is 1. The number of hydrogen-bond donors (Lipinski definition) is 1. The molecule has 0 heterocycles. The molecule has 2 N–H and O–H groups in total. The van der Waals surface area contributed by atoms with Crippen molar-refractivity contribution in [1.29, 1.82) is 5.26 Å². The van der Waals surface area contributed by atoms with Crippen molar-refractivity contribution in [1.82, 2.24) is 4.90 Å². The minimum Gasteiger partial charge on any atom is -0.325 e. The van der Waals surface area contributed by atoms with Crippen molar-refractivity contribution in [3.63, 3.8) is 0 Å². The van der Waals surface area contributed by atoms with Gasteiger partial charge in [0.2, 0.25) is 5.91 Å². The third-order valence-corrected chi connectivity index (χ3v) is 3.68. The highest BCUT2D eigenvalue weighted by Gasteiger charge is 2.35. The van der Waals surface area contributed by atoms with Gasteiger partial charge >= 0.3 is 0 Å². The molecule has 1 aromatic carbocycles.